The van der Waals surface area contributed by atoms with Crippen molar-refractivity contribution >= 4 is 40.7 Å². The second-order valence-corrected chi connectivity index (χ2v) is 8.51. The Labute approximate surface area is 180 Å². The summed E-state index contributed by atoms with van der Waals surface area (Å²) < 4.78 is 68.1. The van der Waals surface area contributed by atoms with Gasteiger partial charge in [0.1, 0.15) is 0 Å². The lowest BCUT2D eigenvalue weighted by Gasteiger charge is -2.33. The molecule has 4 rings (SSSR count). The van der Waals surface area contributed by atoms with E-state index in [1.807, 2.05) is 0 Å². The molecule has 10 heteroatoms. The number of nitrogens with zero attached hydrogens (tertiary/aromatic N) is 1. The van der Waals surface area contributed by atoms with Crippen LogP contribution in [0.1, 0.15) is 18.4 Å². The van der Waals surface area contributed by atoms with Gasteiger partial charge < -0.3 is 9.47 Å². The number of rotatable bonds is 4. The first kappa shape index (κ1) is 21.9. The van der Waals surface area contributed by atoms with E-state index < -0.39 is 30.2 Å². The first-order valence-corrected chi connectivity index (χ1v) is 10.4. The van der Waals surface area contributed by atoms with E-state index in [9.17, 15) is 18.0 Å². The molecule has 0 N–H and O–H groups in total. The van der Waals surface area contributed by atoms with Gasteiger partial charge in [-0.05, 0) is 48.1 Å². The fourth-order valence-electron chi connectivity index (χ4n) is 3.35. The molecule has 1 saturated carbocycles. The van der Waals surface area contributed by atoms with Gasteiger partial charge in [0, 0.05) is 11.1 Å². The third-order valence-corrected chi connectivity index (χ3v) is 6.31. The summed E-state index contributed by atoms with van der Waals surface area (Å²) in [5, 5.41) is 0.608. The molecule has 4 nitrogen and oxygen atoms in total. The molecule has 0 bridgehead atoms. The van der Waals surface area contributed by atoms with E-state index in [0.29, 0.717) is 15.8 Å². The number of hydrogen-bond acceptors (Lipinski definition) is 3. The largest absolute Gasteiger partial charge is 0.487 e. The molecule has 2 unspecified atom stereocenters. The maximum absolute atomic E-state index is 15.2. The van der Waals surface area contributed by atoms with Crippen molar-refractivity contribution in [2.24, 2.45) is 0 Å². The van der Waals surface area contributed by atoms with Crippen molar-refractivity contribution in [1.29, 1.82) is 0 Å². The third kappa shape index (κ3) is 3.64. The van der Waals surface area contributed by atoms with Gasteiger partial charge in [-0.25, -0.2) is 4.39 Å². The van der Waals surface area contributed by atoms with Gasteiger partial charge in [-0.3, -0.25) is 9.69 Å². The summed E-state index contributed by atoms with van der Waals surface area (Å²) in [6.45, 7) is 1.16. The number of fused-ring (bicyclic) bond motifs is 1. The minimum Gasteiger partial charge on any atom is -0.487 e. The number of anilines is 1. The molecule has 0 saturated heterocycles. The zero-order valence-electron chi connectivity index (χ0n) is 16.3. The topological polar surface area (TPSA) is 38.8 Å². The molecule has 1 heterocycles. The van der Waals surface area contributed by atoms with Crippen molar-refractivity contribution in [3.05, 3.63) is 29.3 Å². The Hall–Kier alpha value is -2.35. The molecule has 1 amide bonds. The van der Waals surface area contributed by atoms with Crippen LogP contribution in [0, 0.1) is 30.9 Å². The number of carbonyl (C=O) groups excluding carboxylic acids is 1. The predicted molar refractivity (Wildman–Crippen MR) is 116 cm³/mol. The van der Waals surface area contributed by atoms with E-state index in [1.165, 1.54) is 12.1 Å². The summed E-state index contributed by atoms with van der Waals surface area (Å²) in [6.07, 6.45) is 2.56. The quantitative estimate of drug-likeness (QED) is 0.392. The van der Waals surface area contributed by atoms with Crippen LogP contribution in [0.2, 0.25) is 0 Å². The highest BCUT2D eigenvalue weighted by atomic mass is 31.0. The van der Waals surface area contributed by atoms with E-state index in [0.717, 1.165) is 12.8 Å². The molecule has 31 heavy (non-hydrogen) atoms. The molecule has 0 aromatic heterocycles. The van der Waals surface area contributed by atoms with Crippen molar-refractivity contribution in [1.82, 2.24) is 0 Å². The van der Waals surface area contributed by atoms with E-state index in [1.54, 1.807) is 6.92 Å². The van der Waals surface area contributed by atoms with Gasteiger partial charge in [-0.2, -0.15) is 13.2 Å². The lowest BCUT2D eigenvalue weighted by atomic mass is 9.99. The SMILES string of the molecule is C#CCN1C(=O)C(F)(F)Oc2cc(P)c(-c3c(F)c(F)c(OC4CC4)c(C)c3P)cc21. The maximum atomic E-state index is 15.2. The van der Waals surface area contributed by atoms with Crippen LogP contribution in [0.4, 0.5) is 23.2 Å². The van der Waals surface area contributed by atoms with Crippen molar-refractivity contribution in [2.75, 3.05) is 11.4 Å². The van der Waals surface area contributed by atoms with E-state index in [-0.39, 0.29) is 39.7 Å². The van der Waals surface area contributed by atoms with E-state index >= 15 is 4.39 Å². The summed E-state index contributed by atoms with van der Waals surface area (Å²) in [6, 6.07) is 2.50. The summed E-state index contributed by atoms with van der Waals surface area (Å²) in [7, 11) is 4.66. The molecule has 2 aromatic carbocycles. The molecular formula is C21H17F4NO3P2. The zero-order valence-corrected chi connectivity index (χ0v) is 18.6. The number of halogens is 4. The average molecular weight is 469 g/mol. The normalized spacial score (nSPS) is 17.1. The van der Waals surface area contributed by atoms with Gasteiger partial charge in [0.2, 0.25) is 5.82 Å². The second-order valence-electron chi connectivity index (χ2n) is 7.31. The van der Waals surface area contributed by atoms with Crippen LogP contribution in [0.15, 0.2) is 12.1 Å². The Bertz CT molecular complexity index is 1130. The molecule has 0 spiro atoms. The summed E-state index contributed by atoms with van der Waals surface area (Å²) in [5.41, 5.74) is 0.416. The molecule has 0 radical (unpaired) electrons. The monoisotopic (exact) mass is 469 g/mol. The molecule has 2 aromatic rings. The van der Waals surface area contributed by atoms with Crippen molar-refractivity contribution < 1.29 is 31.8 Å². The van der Waals surface area contributed by atoms with Crippen LogP contribution in [0.3, 0.4) is 0 Å². The zero-order chi connectivity index (χ0) is 22.7. The van der Waals surface area contributed by atoms with Crippen LogP contribution in [-0.2, 0) is 4.79 Å². The number of benzene rings is 2. The number of amides is 1. The van der Waals surface area contributed by atoms with Crippen LogP contribution in [-0.4, -0.2) is 24.7 Å². The molecular weight excluding hydrogens is 452 g/mol. The van der Waals surface area contributed by atoms with Gasteiger partial charge in [0.15, 0.2) is 17.3 Å². The number of hydrogen-bond donors (Lipinski definition) is 0. The fraction of sp³-hybridized carbons (Fsp3) is 0.286. The van der Waals surface area contributed by atoms with Crippen LogP contribution < -0.4 is 25.0 Å². The van der Waals surface area contributed by atoms with Gasteiger partial charge in [-0.1, -0.05) is 5.92 Å². The third-order valence-electron chi connectivity index (χ3n) is 5.11. The van der Waals surface area contributed by atoms with E-state index in [2.05, 4.69) is 29.1 Å². The predicted octanol–water partition coefficient (Wildman–Crippen LogP) is 3.43. The van der Waals surface area contributed by atoms with Crippen molar-refractivity contribution in [2.45, 2.75) is 32.0 Å². The molecule has 1 aliphatic carbocycles. The molecule has 2 aliphatic rings. The maximum Gasteiger partial charge on any atom is 0.483 e. The Morgan fingerprint density at radius 1 is 1.29 bits per heavy atom. The highest BCUT2D eigenvalue weighted by molar-refractivity contribution is 7.29. The molecule has 1 aliphatic heterocycles. The van der Waals surface area contributed by atoms with E-state index in [4.69, 9.17) is 11.2 Å². The highest BCUT2D eigenvalue weighted by Gasteiger charge is 2.50. The number of carbonyl (C=O) groups is 1. The number of terminal acetylenes is 1. The average Bonchev–Trinajstić information content (AvgIpc) is 3.52. The summed E-state index contributed by atoms with van der Waals surface area (Å²) in [4.78, 5) is 12.8. The Balaban J connectivity index is 1.91. The second kappa shape index (κ2) is 7.65. The van der Waals surface area contributed by atoms with Crippen molar-refractivity contribution in [3.8, 4) is 35.0 Å². The van der Waals surface area contributed by atoms with Crippen LogP contribution in [0.5, 0.6) is 11.5 Å². The first-order chi connectivity index (χ1) is 14.6. The van der Waals surface area contributed by atoms with Gasteiger partial charge in [-0.15, -0.1) is 24.9 Å². The molecule has 1 fully saturated rings. The number of alkyl halides is 2. The lowest BCUT2D eigenvalue weighted by molar-refractivity contribution is -0.192. The smallest absolute Gasteiger partial charge is 0.483 e. The van der Waals surface area contributed by atoms with Crippen molar-refractivity contribution in [3.63, 3.8) is 0 Å². The molecule has 2 atom stereocenters. The minimum absolute atomic E-state index is 0.0600. The summed E-state index contributed by atoms with van der Waals surface area (Å²) in [5.74, 6) is -2.22. The minimum atomic E-state index is -4.09. The van der Waals surface area contributed by atoms with Gasteiger partial charge >= 0.3 is 12.0 Å². The molecule has 162 valence electrons. The Morgan fingerprint density at radius 2 is 1.97 bits per heavy atom. The van der Waals surface area contributed by atoms with Gasteiger partial charge in [0.05, 0.1) is 18.3 Å². The summed E-state index contributed by atoms with van der Waals surface area (Å²) >= 11 is 0. The van der Waals surface area contributed by atoms with Crippen LogP contribution in [0.25, 0.3) is 11.1 Å². The first-order valence-electron chi connectivity index (χ1n) is 9.26. The highest BCUT2D eigenvalue weighted by Crippen LogP contribution is 2.43. The Kier molecular flexibility index (Phi) is 5.40. The standard InChI is InChI=1S/C21H17F4NO3P2/c1-3-6-26-12-7-11(14(30)8-13(12)29-21(24,25)20(26)27)15-16(22)17(23)18(9(2)19(15)31)28-10-4-5-10/h1,7-8,10H,4-6,30-31H2,2H3. The fourth-order valence-corrected chi connectivity index (χ4v) is 4.14. The van der Waals surface area contributed by atoms with Crippen LogP contribution >= 0.6 is 18.5 Å². The Morgan fingerprint density at radius 3 is 2.58 bits per heavy atom. The number of ether oxygens (including phenoxy) is 2. The van der Waals surface area contributed by atoms with Gasteiger partial charge in [0.25, 0.3) is 0 Å². The lowest BCUT2D eigenvalue weighted by Crippen LogP contribution is -2.51.